The van der Waals surface area contributed by atoms with Crippen LogP contribution in [0, 0.1) is 0 Å². The highest BCUT2D eigenvalue weighted by molar-refractivity contribution is 5.87. The van der Waals surface area contributed by atoms with Crippen molar-refractivity contribution in [1.82, 2.24) is 24.9 Å². The number of fused-ring (bicyclic) bond motifs is 3. The minimum absolute atomic E-state index is 0.337. The number of amides is 1. The maximum Gasteiger partial charge on any atom is 0.407 e. The molecule has 1 amide bonds. The number of benzene rings is 1. The van der Waals surface area contributed by atoms with E-state index in [1.165, 1.54) is 0 Å². The molecule has 0 aliphatic rings. The number of carbonyl (C=O) groups excluding carboxylic acids is 1. The van der Waals surface area contributed by atoms with E-state index < -0.39 is 6.09 Å². The molecule has 4 N–H and O–H groups in total. The van der Waals surface area contributed by atoms with Crippen LogP contribution in [-0.4, -0.2) is 32.3 Å². The Morgan fingerprint density at radius 1 is 1.31 bits per heavy atom. The number of nitrogen functional groups attached to an aromatic ring is 1. The van der Waals surface area contributed by atoms with Crippen molar-refractivity contribution in [2.75, 3.05) is 12.3 Å². The van der Waals surface area contributed by atoms with Crippen LogP contribution in [0.4, 0.5) is 10.6 Å². The van der Waals surface area contributed by atoms with Gasteiger partial charge in [0.05, 0.1) is 28.9 Å². The number of ether oxygens (including phenoxy) is 1. The van der Waals surface area contributed by atoms with Crippen LogP contribution in [0.3, 0.4) is 0 Å². The Balaban J connectivity index is 1.73. The molecule has 0 aliphatic heterocycles. The molecule has 0 radical (unpaired) electrons. The predicted molar refractivity (Wildman–Crippen MR) is 98.6 cm³/mol. The maximum absolute atomic E-state index is 11.5. The van der Waals surface area contributed by atoms with Crippen molar-refractivity contribution in [3.8, 4) is 11.3 Å². The number of hydrogen-bond donors (Lipinski definition) is 3. The van der Waals surface area contributed by atoms with Crippen molar-refractivity contribution < 1.29 is 9.53 Å². The summed E-state index contributed by atoms with van der Waals surface area (Å²) in [7, 11) is 0. The lowest BCUT2D eigenvalue weighted by Crippen LogP contribution is -2.23. The topological polar surface area (TPSA) is 110 Å². The molecule has 4 aromatic rings. The molecule has 0 spiro atoms. The molecule has 4 rings (SSSR count). The molecule has 0 atom stereocenters. The van der Waals surface area contributed by atoms with Crippen LogP contribution in [0.1, 0.15) is 12.5 Å². The van der Waals surface area contributed by atoms with Crippen LogP contribution in [-0.2, 0) is 11.3 Å². The fraction of sp³-hybridized carbons (Fsp3) is 0.167. The van der Waals surface area contributed by atoms with Gasteiger partial charge in [-0.2, -0.15) is 5.10 Å². The summed E-state index contributed by atoms with van der Waals surface area (Å²) in [4.78, 5) is 16.0. The lowest BCUT2D eigenvalue weighted by molar-refractivity contribution is 0.151. The normalized spacial score (nSPS) is 11.1. The van der Waals surface area contributed by atoms with Gasteiger partial charge in [-0.05, 0) is 36.8 Å². The van der Waals surface area contributed by atoms with Crippen LogP contribution in [0.15, 0.2) is 42.7 Å². The summed E-state index contributed by atoms with van der Waals surface area (Å²) >= 11 is 0. The second-order valence-electron chi connectivity index (χ2n) is 5.85. The zero-order valence-corrected chi connectivity index (χ0v) is 14.2. The Kier molecular flexibility index (Phi) is 3.92. The molecule has 0 saturated carbocycles. The highest BCUT2D eigenvalue weighted by Crippen LogP contribution is 2.26. The number of rotatable bonds is 4. The number of nitrogens with zero attached hydrogens (tertiary/aromatic N) is 3. The lowest BCUT2D eigenvalue weighted by atomic mass is 10.1. The van der Waals surface area contributed by atoms with Gasteiger partial charge in [-0.15, -0.1) is 0 Å². The zero-order chi connectivity index (χ0) is 18.1. The molecule has 8 nitrogen and oxygen atoms in total. The summed E-state index contributed by atoms with van der Waals surface area (Å²) in [6.07, 6.45) is 3.21. The summed E-state index contributed by atoms with van der Waals surface area (Å²) < 4.78 is 6.86. The quantitative estimate of drug-likeness (QED) is 0.524. The smallest absolute Gasteiger partial charge is 0.407 e. The van der Waals surface area contributed by atoms with E-state index in [4.69, 9.17) is 10.5 Å². The maximum atomic E-state index is 11.5. The third-order valence-electron chi connectivity index (χ3n) is 4.14. The van der Waals surface area contributed by atoms with E-state index in [1.807, 2.05) is 40.9 Å². The van der Waals surface area contributed by atoms with Crippen molar-refractivity contribution >= 4 is 28.5 Å². The largest absolute Gasteiger partial charge is 0.450 e. The van der Waals surface area contributed by atoms with Crippen LogP contribution < -0.4 is 11.1 Å². The first-order chi connectivity index (χ1) is 12.7. The molecule has 0 aliphatic carbocycles. The molecule has 0 unspecified atom stereocenters. The molecule has 26 heavy (non-hydrogen) atoms. The standard InChI is InChI=1S/C18H18N6O2/c1-2-26-18(25)20-9-11-7-16-17(19)22-14-8-12(13-5-6-21-23-13)3-4-15(14)24(16)10-11/h3-8,10H,2,9H2,1H3,(H2,19,22)(H,20,25)(H,21,23). The van der Waals surface area contributed by atoms with Gasteiger partial charge in [-0.1, -0.05) is 6.07 Å². The molecule has 132 valence electrons. The Hall–Kier alpha value is -3.55. The third-order valence-corrected chi connectivity index (χ3v) is 4.14. The summed E-state index contributed by atoms with van der Waals surface area (Å²) in [6.45, 7) is 2.46. The average molecular weight is 350 g/mol. The monoisotopic (exact) mass is 350 g/mol. The molecule has 3 aromatic heterocycles. The summed E-state index contributed by atoms with van der Waals surface area (Å²) in [5.41, 5.74) is 11.5. The van der Waals surface area contributed by atoms with Crippen molar-refractivity contribution in [3.05, 3.63) is 48.3 Å². The first-order valence-electron chi connectivity index (χ1n) is 8.26. The Morgan fingerprint density at radius 3 is 2.96 bits per heavy atom. The first-order valence-corrected chi connectivity index (χ1v) is 8.26. The summed E-state index contributed by atoms with van der Waals surface area (Å²) in [5, 5.41) is 9.63. The number of alkyl carbamates (subject to hydrolysis) is 1. The molecule has 8 heteroatoms. The number of carbonyl (C=O) groups is 1. The molecule has 0 saturated heterocycles. The highest BCUT2D eigenvalue weighted by atomic mass is 16.5. The Bertz CT molecular complexity index is 1080. The van der Waals surface area contributed by atoms with E-state index in [0.29, 0.717) is 19.0 Å². The van der Waals surface area contributed by atoms with Crippen LogP contribution in [0.5, 0.6) is 0 Å². The van der Waals surface area contributed by atoms with E-state index in [-0.39, 0.29) is 0 Å². The van der Waals surface area contributed by atoms with Gasteiger partial charge < -0.3 is 20.2 Å². The van der Waals surface area contributed by atoms with Gasteiger partial charge >= 0.3 is 6.09 Å². The molecular weight excluding hydrogens is 332 g/mol. The van der Waals surface area contributed by atoms with E-state index in [9.17, 15) is 4.79 Å². The van der Waals surface area contributed by atoms with Crippen LogP contribution in [0.2, 0.25) is 0 Å². The highest BCUT2D eigenvalue weighted by Gasteiger charge is 2.11. The van der Waals surface area contributed by atoms with Gasteiger partial charge in [0.2, 0.25) is 0 Å². The van der Waals surface area contributed by atoms with Crippen molar-refractivity contribution in [2.24, 2.45) is 0 Å². The Morgan fingerprint density at radius 2 is 2.19 bits per heavy atom. The van der Waals surface area contributed by atoms with E-state index in [2.05, 4.69) is 20.5 Å². The molecule has 0 fully saturated rings. The average Bonchev–Trinajstić information content (AvgIpc) is 3.30. The number of anilines is 1. The summed E-state index contributed by atoms with van der Waals surface area (Å²) in [6, 6.07) is 9.78. The fourth-order valence-corrected chi connectivity index (χ4v) is 2.96. The number of nitrogens with two attached hydrogens (primary N) is 1. The second kappa shape index (κ2) is 6.40. The molecule has 3 heterocycles. The lowest BCUT2D eigenvalue weighted by Gasteiger charge is -2.06. The number of hydrogen-bond acceptors (Lipinski definition) is 5. The van der Waals surface area contributed by atoms with Crippen molar-refractivity contribution in [3.63, 3.8) is 0 Å². The van der Waals surface area contributed by atoms with Gasteiger partial charge in [0.1, 0.15) is 5.82 Å². The van der Waals surface area contributed by atoms with Gasteiger partial charge in [-0.3, -0.25) is 5.10 Å². The zero-order valence-electron chi connectivity index (χ0n) is 14.2. The first kappa shape index (κ1) is 15.9. The van der Waals surface area contributed by atoms with E-state index in [1.54, 1.807) is 13.1 Å². The van der Waals surface area contributed by atoms with Crippen molar-refractivity contribution in [1.29, 1.82) is 0 Å². The van der Waals surface area contributed by atoms with Gasteiger partial charge in [-0.25, -0.2) is 9.78 Å². The molecule has 0 bridgehead atoms. The number of aromatic nitrogens is 4. The fourth-order valence-electron chi connectivity index (χ4n) is 2.96. The minimum Gasteiger partial charge on any atom is -0.450 e. The molecule has 1 aromatic carbocycles. The van der Waals surface area contributed by atoms with Gasteiger partial charge in [0, 0.05) is 24.5 Å². The molecular formula is C18H18N6O2. The number of H-pyrrole nitrogens is 1. The number of nitrogens with one attached hydrogen (secondary N) is 2. The minimum atomic E-state index is -0.442. The summed E-state index contributed by atoms with van der Waals surface area (Å²) in [5.74, 6) is 0.432. The van der Waals surface area contributed by atoms with E-state index >= 15 is 0 Å². The van der Waals surface area contributed by atoms with E-state index in [0.717, 1.165) is 33.4 Å². The predicted octanol–water partition coefficient (Wildman–Crippen LogP) is 2.71. The second-order valence-corrected chi connectivity index (χ2v) is 5.85. The Labute approximate surface area is 149 Å². The van der Waals surface area contributed by atoms with Gasteiger partial charge in [0.25, 0.3) is 0 Å². The number of aromatic amines is 1. The van der Waals surface area contributed by atoms with Crippen LogP contribution in [0.25, 0.3) is 27.8 Å². The third kappa shape index (κ3) is 2.81. The van der Waals surface area contributed by atoms with Crippen molar-refractivity contribution in [2.45, 2.75) is 13.5 Å². The SMILES string of the molecule is CCOC(=O)NCc1cc2c(N)nc3cc(-c4ccn[nH]4)ccc3n2c1. The van der Waals surface area contributed by atoms with Gasteiger partial charge in [0.15, 0.2) is 0 Å². The van der Waals surface area contributed by atoms with Crippen LogP contribution >= 0.6 is 0 Å².